The average Bonchev–Trinajstić information content (AvgIpc) is 2.86. The van der Waals surface area contributed by atoms with Gasteiger partial charge in [0.15, 0.2) is 5.82 Å². The third-order valence-corrected chi connectivity index (χ3v) is 6.37. The summed E-state index contributed by atoms with van der Waals surface area (Å²) in [5.74, 6) is 0.328. The Labute approximate surface area is 217 Å². The van der Waals surface area contributed by atoms with E-state index in [1.165, 1.54) is 24.4 Å². The molecule has 1 fully saturated rings. The molecule has 180 valence electrons. The van der Waals surface area contributed by atoms with Gasteiger partial charge in [0.25, 0.3) is 0 Å². The maximum Gasteiger partial charge on any atom is 0.236 e. The van der Waals surface area contributed by atoms with Gasteiger partial charge in [0.1, 0.15) is 11.6 Å². The second-order valence-corrected chi connectivity index (χ2v) is 8.88. The van der Waals surface area contributed by atoms with Crippen molar-refractivity contribution in [1.82, 2.24) is 19.9 Å². The molecule has 0 unspecified atom stereocenters. The van der Waals surface area contributed by atoms with Crippen LogP contribution in [0.3, 0.4) is 0 Å². The maximum absolute atomic E-state index is 8.01. The minimum absolute atomic E-state index is 0.0658. The number of likely N-dealkylation sites (N-methyl/N-ethyl adjacent to an activating group) is 1. The van der Waals surface area contributed by atoms with Gasteiger partial charge in [-0.3, -0.25) is 4.90 Å². The Hall–Kier alpha value is -3.11. The smallest absolute Gasteiger partial charge is 0.236 e. The molecule has 4 rings (SSSR count). The number of nitrogens with two attached hydrogens (primary N) is 1. The van der Waals surface area contributed by atoms with E-state index in [0.717, 1.165) is 37.4 Å². The Kier molecular flexibility index (Phi) is 5.11. The monoisotopic (exact) mass is 532 g/mol. The van der Waals surface area contributed by atoms with E-state index in [1.54, 1.807) is 12.1 Å². The van der Waals surface area contributed by atoms with E-state index in [0.29, 0.717) is 20.8 Å². The SMILES string of the molecule is [2H]C([2H])([2H])N(c1ncccc1N(c1ncc(Br)c(N)n1)c1cc(C)c(N2CCN(C)CC2)cc1OC)C([2H])([2H])[2H]. The summed E-state index contributed by atoms with van der Waals surface area (Å²) >= 11 is 3.31. The Morgan fingerprint density at radius 1 is 1.15 bits per heavy atom. The summed E-state index contributed by atoms with van der Waals surface area (Å²) in [6, 6.07) is 6.91. The highest BCUT2D eigenvalue weighted by Crippen LogP contribution is 2.44. The summed E-state index contributed by atoms with van der Waals surface area (Å²) in [4.78, 5) is 19.5. The Morgan fingerprint density at radius 2 is 1.91 bits per heavy atom. The number of rotatable bonds is 6. The van der Waals surface area contributed by atoms with Crippen LogP contribution in [0, 0.1) is 6.92 Å². The molecule has 0 spiro atoms. The molecule has 2 N–H and O–H groups in total. The lowest BCUT2D eigenvalue weighted by Gasteiger charge is -2.36. The van der Waals surface area contributed by atoms with Gasteiger partial charge in [0.05, 0.1) is 23.0 Å². The van der Waals surface area contributed by atoms with Crippen molar-refractivity contribution >= 4 is 50.6 Å². The summed E-state index contributed by atoms with van der Waals surface area (Å²) < 4.78 is 54.4. The topological polar surface area (TPSA) is 86.9 Å². The zero-order valence-electron chi connectivity index (χ0n) is 25.3. The fraction of sp³-hybridized carbons (Fsp3) is 0.375. The second kappa shape index (κ2) is 10.0. The largest absolute Gasteiger partial charge is 0.494 e. The van der Waals surface area contributed by atoms with Crippen molar-refractivity contribution in [2.45, 2.75) is 6.92 Å². The molecule has 0 radical (unpaired) electrons. The maximum atomic E-state index is 8.01. The van der Waals surface area contributed by atoms with Crippen LogP contribution in [0.4, 0.5) is 34.6 Å². The van der Waals surface area contributed by atoms with Crippen molar-refractivity contribution in [3.63, 3.8) is 0 Å². The summed E-state index contributed by atoms with van der Waals surface area (Å²) in [6.07, 6.45) is 2.79. The van der Waals surface area contributed by atoms with Crippen molar-refractivity contribution < 1.29 is 13.0 Å². The quantitative estimate of drug-likeness (QED) is 0.508. The molecule has 34 heavy (non-hydrogen) atoms. The van der Waals surface area contributed by atoms with E-state index in [4.69, 9.17) is 18.7 Å². The number of halogens is 1. The number of anilines is 6. The summed E-state index contributed by atoms with van der Waals surface area (Å²) in [6.45, 7) is -0.589. The first-order valence-corrected chi connectivity index (χ1v) is 11.5. The van der Waals surface area contributed by atoms with Crippen LogP contribution in [-0.2, 0) is 0 Å². The van der Waals surface area contributed by atoms with Crippen molar-refractivity contribution in [3.8, 4) is 5.75 Å². The molecule has 1 aliphatic rings. The standard InChI is InChI=1S/C24H31BrN8O/c1-16-13-20(21(34-5)14-19(16)32-11-9-31(4)10-12-32)33(24-28-15-17(25)22(26)29-24)18-7-6-8-27-23(18)30(2)3/h6-8,13-15H,9-12H2,1-5H3,(H2,26,28,29)/i2D3,3D3. The van der Waals surface area contributed by atoms with Crippen LogP contribution in [0.1, 0.15) is 13.8 Å². The number of aryl methyl sites for hydroxylation is 1. The molecule has 3 heterocycles. The lowest BCUT2D eigenvalue weighted by atomic mass is 10.1. The van der Waals surface area contributed by atoms with Gasteiger partial charge in [-0.2, -0.15) is 4.98 Å². The number of hydrogen-bond donors (Lipinski definition) is 1. The molecule has 0 bridgehead atoms. The predicted molar refractivity (Wildman–Crippen MR) is 142 cm³/mol. The second-order valence-electron chi connectivity index (χ2n) is 8.02. The first kappa shape index (κ1) is 17.3. The summed E-state index contributed by atoms with van der Waals surface area (Å²) in [5.41, 5.74) is 8.58. The molecule has 0 saturated carbocycles. The fourth-order valence-corrected chi connectivity index (χ4v) is 4.14. The first-order valence-electron chi connectivity index (χ1n) is 13.7. The van der Waals surface area contributed by atoms with E-state index in [1.807, 2.05) is 19.1 Å². The van der Waals surface area contributed by atoms with Crippen molar-refractivity contribution in [2.24, 2.45) is 0 Å². The number of benzene rings is 1. The highest BCUT2D eigenvalue weighted by molar-refractivity contribution is 9.10. The highest BCUT2D eigenvalue weighted by atomic mass is 79.9. The van der Waals surface area contributed by atoms with Gasteiger partial charge in [-0.15, -0.1) is 0 Å². The minimum atomic E-state index is -3.04. The number of hydrogen-bond acceptors (Lipinski definition) is 9. The van der Waals surface area contributed by atoms with E-state index < -0.39 is 14.0 Å². The fourth-order valence-electron chi connectivity index (χ4n) is 3.95. The predicted octanol–water partition coefficient (Wildman–Crippen LogP) is 3.82. The van der Waals surface area contributed by atoms with Crippen LogP contribution >= 0.6 is 15.9 Å². The van der Waals surface area contributed by atoms with Gasteiger partial charge in [0, 0.05) is 72.5 Å². The molecular formula is C24H31BrN8O. The molecule has 1 aromatic carbocycles. The van der Waals surface area contributed by atoms with E-state index in [2.05, 4.69) is 47.7 Å². The lowest BCUT2D eigenvalue weighted by Crippen LogP contribution is -2.44. The van der Waals surface area contributed by atoms with Crippen LogP contribution in [0.2, 0.25) is 0 Å². The normalized spacial score (nSPS) is 17.6. The third kappa shape index (κ3) is 4.74. The zero-order chi connectivity index (χ0) is 29.4. The van der Waals surface area contributed by atoms with Gasteiger partial charge in [-0.25, -0.2) is 9.97 Å². The molecule has 3 aromatic rings. The number of methoxy groups -OCH3 is 1. The highest BCUT2D eigenvalue weighted by Gasteiger charge is 2.26. The molecule has 10 heteroatoms. The van der Waals surface area contributed by atoms with Crippen LogP contribution < -0.4 is 25.2 Å². The van der Waals surface area contributed by atoms with Crippen molar-refractivity contribution in [1.29, 1.82) is 0 Å². The van der Waals surface area contributed by atoms with Crippen LogP contribution in [0.15, 0.2) is 41.1 Å². The molecular weight excluding hydrogens is 496 g/mol. The number of aromatic nitrogens is 3. The molecule has 0 amide bonds. The van der Waals surface area contributed by atoms with Crippen LogP contribution in [0.5, 0.6) is 5.75 Å². The molecule has 1 saturated heterocycles. The van der Waals surface area contributed by atoms with Crippen molar-refractivity contribution in [2.75, 3.05) is 74.7 Å². The van der Waals surface area contributed by atoms with Gasteiger partial charge >= 0.3 is 0 Å². The zero-order valence-corrected chi connectivity index (χ0v) is 20.9. The third-order valence-electron chi connectivity index (χ3n) is 5.76. The summed E-state index contributed by atoms with van der Waals surface area (Å²) in [5, 5.41) is 0. The Bertz CT molecular complexity index is 1350. The Morgan fingerprint density at radius 3 is 2.59 bits per heavy atom. The number of piperazine rings is 1. The first-order chi connectivity index (χ1) is 18.7. The number of nitrogen functional groups attached to an aromatic ring is 1. The Balaban J connectivity index is 1.97. The lowest BCUT2D eigenvalue weighted by molar-refractivity contribution is 0.312. The molecule has 0 aliphatic carbocycles. The van der Waals surface area contributed by atoms with Crippen LogP contribution in [0.25, 0.3) is 0 Å². The molecule has 2 aromatic heterocycles. The van der Waals surface area contributed by atoms with E-state index >= 15 is 0 Å². The average molecular weight is 534 g/mol. The van der Waals surface area contributed by atoms with Gasteiger partial charge < -0.3 is 25.2 Å². The van der Waals surface area contributed by atoms with Crippen molar-refractivity contribution in [3.05, 3.63) is 46.7 Å². The number of nitrogens with zero attached hydrogens (tertiary/aromatic N) is 7. The number of ether oxygens (including phenoxy) is 1. The number of pyridine rings is 1. The van der Waals surface area contributed by atoms with Gasteiger partial charge in [-0.05, 0) is 53.7 Å². The summed E-state index contributed by atoms with van der Waals surface area (Å²) in [7, 11) is 3.61. The molecule has 1 aliphatic heterocycles. The van der Waals surface area contributed by atoms with Crippen LogP contribution in [-0.4, -0.2) is 74.1 Å². The van der Waals surface area contributed by atoms with Gasteiger partial charge in [-0.1, -0.05) is 0 Å². The van der Waals surface area contributed by atoms with E-state index in [-0.39, 0.29) is 23.3 Å². The van der Waals surface area contributed by atoms with E-state index in [9.17, 15) is 0 Å². The minimum Gasteiger partial charge on any atom is -0.494 e. The molecule has 0 atom stereocenters. The van der Waals surface area contributed by atoms with Gasteiger partial charge in [0.2, 0.25) is 5.95 Å². The molecule has 9 nitrogen and oxygen atoms in total.